The highest BCUT2D eigenvalue weighted by atomic mass is 19.2. The van der Waals surface area contributed by atoms with E-state index >= 15 is 0 Å². The molecule has 0 amide bonds. The zero-order chi connectivity index (χ0) is 10.0. The summed E-state index contributed by atoms with van der Waals surface area (Å²) in [6.45, 7) is 2.78. The van der Waals surface area contributed by atoms with Crippen LogP contribution in [0, 0.1) is 24.4 Å². The second-order valence-electron chi connectivity index (χ2n) is 2.15. The summed E-state index contributed by atoms with van der Waals surface area (Å²) in [6.07, 6.45) is 0. The predicted octanol–water partition coefficient (Wildman–Crippen LogP) is 1.84. The highest BCUT2D eigenvalue weighted by Crippen LogP contribution is 2.21. The van der Waals surface area contributed by atoms with E-state index < -0.39 is 29.2 Å². The van der Waals surface area contributed by atoms with Crippen molar-refractivity contribution >= 4 is 5.97 Å². The van der Waals surface area contributed by atoms with Gasteiger partial charge in [-0.1, -0.05) is 0 Å². The van der Waals surface area contributed by atoms with Gasteiger partial charge in [-0.25, -0.2) is 8.78 Å². The molecule has 0 fully saturated rings. The third kappa shape index (κ3) is 1.99. The van der Waals surface area contributed by atoms with E-state index in [1.165, 1.54) is 0 Å². The summed E-state index contributed by atoms with van der Waals surface area (Å²) in [7, 11) is 0. The van der Waals surface area contributed by atoms with Gasteiger partial charge >= 0.3 is 5.97 Å². The molecule has 0 heterocycles. The van der Waals surface area contributed by atoms with Crippen LogP contribution in [0.2, 0.25) is 0 Å². The molecule has 1 rings (SSSR count). The van der Waals surface area contributed by atoms with Crippen molar-refractivity contribution in [3.8, 4) is 5.75 Å². The van der Waals surface area contributed by atoms with Crippen LogP contribution in [0.5, 0.6) is 5.75 Å². The molecule has 0 saturated heterocycles. The normalized spacial score (nSPS) is 9.85. The van der Waals surface area contributed by atoms with Gasteiger partial charge in [0.05, 0.1) is 6.92 Å². The maximum Gasteiger partial charge on any atom is 0.311 e. The molecule has 1 aromatic carbocycles. The van der Waals surface area contributed by atoms with Crippen LogP contribution in [0.3, 0.4) is 0 Å². The van der Waals surface area contributed by atoms with E-state index in [4.69, 9.17) is 0 Å². The Balaban J connectivity index is 3.10. The Labute approximate surface area is 71.9 Å². The van der Waals surface area contributed by atoms with Crippen molar-refractivity contribution in [3.63, 3.8) is 0 Å². The highest BCUT2D eigenvalue weighted by molar-refractivity contribution is 5.76. The first-order valence-corrected chi connectivity index (χ1v) is 3.19. The molecule has 0 saturated carbocycles. The molecule has 0 aliphatic heterocycles. The number of hydrogen-bond acceptors (Lipinski definition) is 2. The summed E-state index contributed by atoms with van der Waals surface area (Å²) < 4.78 is 41.7. The fraction of sp³-hybridized carbons (Fsp3) is 0. The number of esters is 1. The minimum absolute atomic E-state index is 0.649. The third-order valence-corrected chi connectivity index (χ3v) is 1.22. The maximum atomic E-state index is 12.7. The zero-order valence-corrected chi connectivity index (χ0v) is 6.31. The van der Waals surface area contributed by atoms with Gasteiger partial charge in [-0.05, 0) is 12.1 Å². The second-order valence-corrected chi connectivity index (χ2v) is 2.15. The molecule has 0 atom stereocenters. The first-order chi connectivity index (χ1) is 6.02. The van der Waals surface area contributed by atoms with E-state index in [9.17, 15) is 18.0 Å². The molecule has 0 aliphatic carbocycles. The lowest BCUT2D eigenvalue weighted by molar-refractivity contribution is -0.129. The monoisotopic (exact) mass is 189 g/mol. The van der Waals surface area contributed by atoms with Gasteiger partial charge in [0.2, 0.25) is 5.82 Å². The molecule has 1 aromatic rings. The SMILES string of the molecule is [CH2]C(=O)Oc1ccc(F)c(F)c1F. The van der Waals surface area contributed by atoms with Crippen molar-refractivity contribution in [1.29, 1.82) is 0 Å². The molecule has 0 aliphatic rings. The van der Waals surface area contributed by atoms with E-state index in [0.717, 1.165) is 6.07 Å². The second kappa shape index (κ2) is 3.47. The molecule has 13 heavy (non-hydrogen) atoms. The Kier molecular flexibility index (Phi) is 2.55. The molecule has 2 nitrogen and oxygen atoms in total. The smallest absolute Gasteiger partial charge is 0.311 e. The van der Waals surface area contributed by atoms with E-state index in [1.54, 1.807) is 0 Å². The van der Waals surface area contributed by atoms with Gasteiger partial charge in [-0.3, -0.25) is 4.79 Å². The van der Waals surface area contributed by atoms with E-state index in [-0.39, 0.29) is 0 Å². The van der Waals surface area contributed by atoms with Crippen LogP contribution in [-0.2, 0) is 4.79 Å². The van der Waals surface area contributed by atoms with Gasteiger partial charge in [-0.15, -0.1) is 0 Å². The quantitative estimate of drug-likeness (QED) is 0.382. The molecule has 5 heteroatoms. The first-order valence-electron chi connectivity index (χ1n) is 3.19. The van der Waals surface area contributed by atoms with Crippen LogP contribution < -0.4 is 4.74 Å². The van der Waals surface area contributed by atoms with Gasteiger partial charge in [0.25, 0.3) is 0 Å². The number of hydrogen-bond donors (Lipinski definition) is 0. The Morgan fingerprint density at radius 2 is 1.85 bits per heavy atom. The maximum absolute atomic E-state index is 12.7. The number of ether oxygens (including phenoxy) is 1. The number of halogens is 3. The van der Waals surface area contributed by atoms with E-state index in [2.05, 4.69) is 11.7 Å². The standard InChI is InChI=1S/C8H4F3O2/c1-4(12)13-6-3-2-5(9)7(10)8(6)11/h2-3H,1H2. The molecular weight excluding hydrogens is 185 g/mol. The van der Waals surface area contributed by atoms with Gasteiger partial charge in [0, 0.05) is 0 Å². The van der Waals surface area contributed by atoms with Crippen LogP contribution in [0.4, 0.5) is 13.2 Å². The largest absolute Gasteiger partial charge is 0.423 e. The van der Waals surface area contributed by atoms with Gasteiger partial charge in [0.15, 0.2) is 17.4 Å². The summed E-state index contributed by atoms with van der Waals surface area (Å²) >= 11 is 0. The lowest BCUT2D eigenvalue weighted by atomic mass is 10.3. The molecule has 0 bridgehead atoms. The van der Waals surface area contributed by atoms with Crippen molar-refractivity contribution < 1.29 is 22.7 Å². The van der Waals surface area contributed by atoms with Crippen molar-refractivity contribution in [3.05, 3.63) is 36.5 Å². The first kappa shape index (κ1) is 9.57. The Bertz CT molecular complexity index is 349. The lowest BCUT2D eigenvalue weighted by Crippen LogP contribution is -2.05. The van der Waals surface area contributed by atoms with Gasteiger partial charge < -0.3 is 4.74 Å². The Morgan fingerprint density at radius 1 is 1.23 bits per heavy atom. The summed E-state index contributed by atoms with van der Waals surface area (Å²) in [5.74, 6) is -6.30. The number of rotatable bonds is 1. The fourth-order valence-electron chi connectivity index (χ4n) is 0.710. The zero-order valence-electron chi connectivity index (χ0n) is 6.31. The van der Waals surface area contributed by atoms with Crippen LogP contribution in [0.25, 0.3) is 0 Å². The van der Waals surface area contributed by atoms with Gasteiger partial charge in [0.1, 0.15) is 0 Å². The number of carbonyl (C=O) groups is 1. The lowest BCUT2D eigenvalue weighted by Gasteiger charge is -2.02. The fourth-order valence-corrected chi connectivity index (χ4v) is 0.710. The molecular formula is C8H4F3O2. The van der Waals surface area contributed by atoms with Crippen molar-refractivity contribution in [2.45, 2.75) is 0 Å². The van der Waals surface area contributed by atoms with Crippen molar-refractivity contribution in [2.24, 2.45) is 0 Å². The molecule has 0 unspecified atom stereocenters. The average Bonchev–Trinajstić information content (AvgIpc) is 2.06. The Morgan fingerprint density at radius 3 is 2.38 bits per heavy atom. The number of benzene rings is 1. The van der Waals surface area contributed by atoms with Crippen molar-refractivity contribution in [2.75, 3.05) is 0 Å². The third-order valence-electron chi connectivity index (χ3n) is 1.22. The van der Waals surface area contributed by atoms with Crippen molar-refractivity contribution in [1.82, 2.24) is 0 Å². The summed E-state index contributed by atoms with van der Waals surface area (Å²) in [6, 6.07) is 1.45. The highest BCUT2D eigenvalue weighted by Gasteiger charge is 2.15. The summed E-state index contributed by atoms with van der Waals surface area (Å²) in [5.41, 5.74) is 0. The van der Waals surface area contributed by atoms with Crippen LogP contribution >= 0.6 is 0 Å². The molecule has 0 aromatic heterocycles. The minimum atomic E-state index is -1.68. The minimum Gasteiger partial charge on any atom is -0.423 e. The Hall–Kier alpha value is -1.52. The number of carbonyl (C=O) groups excluding carboxylic acids is 1. The molecule has 0 spiro atoms. The predicted molar refractivity (Wildman–Crippen MR) is 37.3 cm³/mol. The van der Waals surface area contributed by atoms with E-state index in [1.807, 2.05) is 0 Å². The summed E-state index contributed by atoms with van der Waals surface area (Å²) in [4.78, 5) is 10.2. The van der Waals surface area contributed by atoms with E-state index in [0.29, 0.717) is 6.07 Å². The van der Waals surface area contributed by atoms with Crippen LogP contribution in [0.1, 0.15) is 0 Å². The average molecular weight is 189 g/mol. The van der Waals surface area contributed by atoms with Gasteiger partial charge in [-0.2, -0.15) is 4.39 Å². The molecule has 0 N–H and O–H groups in total. The molecule has 1 radical (unpaired) electrons. The topological polar surface area (TPSA) is 26.3 Å². The summed E-state index contributed by atoms with van der Waals surface area (Å²) in [5, 5.41) is 0. The molecule has 69 valence electrons. The van der Waals surface area contributed by atoms with Crippen LogP contribution in [0.15, 0.2) is 12.1 Å². The van der Waals surface area contributed by atoms with Crippen LogP contribution in [-0.4, -0.2) is 5.97 Å².